The highest BCUT2D eigenvalue weighted by Crippen LogP contribution is 2.29. The normalized spacial score (nSPS) is 22.0. The molecular formula is C16H28N4O2. The topological polar surface area (TPSA) is 73.4 Å². The van der Waals surface area contributed by atoms with Crippen LogP contribution in [-0.2, 0) is 22.2 Å². The zero-order valence-electron chi connectivity index (χ0n) is 13.8. The number of rotatable bonds is 7. The number of aromatic nitrogens is 2. The van der Waals surface area contributed by atoms with E-state index in [1.807, 2.05) is 31.3 Å². The van der Waals surface area contributed by atoms with E-state index in [0.717, 1.165) is 37.8 Å². The van der Waals surface area contributed by atoms with Crippen LogP contribution in [0.15, 0.2) is 12.4 Å². The Kier molecular flexibility index (Phi) is 5.97. The maximum atomic E-state index is 12.4. The molecule has 2 rings (SSSR count). The molecule has 2 heterocycles. The molecule has 1 aliphatic rings. The summed E-state index contributed by atoms with van der Waals surface area (Å²) < 4.78 is 7.71. The molecule has 1 unspecified atom stereocenters. The number of morpholine rings is 1. The summed E-state index contributed by atoms with van der Waals surface area (Å²) in [5.41, 5.74) is 6.05. The molecule has 1 aromatic heterocycles. The van der Waals surface area contributed by atoms with Crippen LogP contribution in [0.4, 0.5) is 0 Å². The Hall–Kier alpha value is -1.40. The van der Waals surface area contributed by atoms with Crippen molar-refractivity contribution in [1.82, 2.24) is 14.7 Å². The number of nitrogens with two attached hydrogens (primary N) is 1. The van der Waals surface area contributed by atoms with Crippen molar-refractivity contribution in [3.8, 4) is 0 Å². The zero-order valence-corrected chi connectivity index (χ0v) is 13.8. The first-order valence-corrected chi connectivity index (χ1v) is 8.16. The van der Waals surface area contributed by atoms with E-state index in [1.54, 1.807) is 4.68 Å². The first kappa shape index (κ1) is 17.0. The third kappa shape index (κ3) is 4.30. The number of amides is 1. The van der Waals surface area contributed by atoms with Crippen LogP contribution in [0, 0.1) is 0 Å². The largest absolute Gasteiger partial charge is 0.367 e. The van der Waals surface area contributed by atoms with E-state index in [0.29, 0.717) is 26.1 Å². The van der Waals surface area contributed by atoms with Gasteiger partial charge in [-0.15, -0.1) is 0 Å². The molecule has 6 heteroatoms. The van der Waals surface area contributed by atoms with Gasteiger partial charge in [0.1, 0.15) is 5.60 Å². The minimum absolute atomic E-state index is 0.228. The monoisotopic (exact) mass is 308 g/mol. The highest BCUT2D eigenvalue weighted by Gasteiger charge is 2.36. The Balaban J connectivity index is 1.86. The number of aryl methyl sites for hydroxylation is 1. The van der Waals surface area contributed by atoms with E-state index in [2.05, 4.69) is 5.10 Å². The van der Waals surface area contributed by atoms with Gasteiger partial charge in [0.15, 0.2) is 0 Å². The number of carbonyl (C=O) groups excluding carboxylic acids is 1. The first-order valence-electron chi connectivity index (χ1n) is 8.16. The van der Waals surface area contributed by atoms with Crippen molar-refractivity contribution in [3.63, 3.8) is 0 Å². The van der Waals surface area contributed by atoms with Crippen molar-refractivity contribution in [2.45, 2.75) is 44.6 Å². The van der Waals surface area contributed by atoms with E-state index >= 15 is 0 Å². The lowest BCUT2D eigenvalue weighted by Gasteiger charge is -2.40. The lowest BCUT2D eigenvalue weighted by atomic mass is 9.96. The molecule has 6 nitrogen and oxygen atoms in total. The van der Waals surface area contributed by atoms with Gasteiger partial charge in [-0.1, -0.05) is 12.8 Å². The van der Waals surface area contributed by atoms with Gasteiger partial charge in [0, 0.05) is 31.8 Å². The molecule has 2 N–H and O–H groups in total. The van der Waals surface area contributed by atoms with Gasteiger partial charge in [-0.25, -0.2) is 0 Å². The fourth-order valence-electron chi connectivity index (χ4n) is 2.88. The summed E-state index contributed by atoms with van der Waals surface area (Å²) in [6, 6.07) is 0. The van der Waals surface area contributed by atoms with Crippen molar-refractivity contribution in [2.75, 3.05) is 26.2 Å². The van der Waals surface area contributed by atoms with Crippen molar-refractivity contribution < 1.29 is 9.53 Å². The molecule has 0 radical (unpaired) electrons. The molecule has 1 saturated heterocycles. The zero-order chi connectivity index (χ0) is 16.0. The van der Waals surface area contributed by atoms with E-state index < -0.39 is 5.60 Å². The molecule has 0 aromatic carbocycles. The first-order chi connectivity index (χ1) is 10.5. The molecule has 124 valence electrons. The minimum Gasteiger partial charge on any atom is -0.367 e. The molecule has 1 amide bonds. The summed E-state index contributed by atoms with van der Waals surface area (Å²) >= 11 is 0. The molecule has 0 saturated carbocycles. The average molecular weight is 308 g/mol. The van der Waals surface area contributed by atoms with Crippen molar-refractivity contribution in [1.29, 1.82) is 0 Å². The second kappa shape index (κ2) is 7.74. The van der Waals surface area contributed by atoms with E-state index in [1.165, 1.54) is 0 Å². The third-order valence-corrected chi connectivity index (χ3v) is 4.29. The molecule has 1 atom stereocenters. The number of hydrogen-bond donors (Lipinski definition) is 1. The second-order valence-electron chi connectivity index (χ2n) is 6.25. The Labute approximate surface area is 132 Å². The van der Waals surface area contributed by atoms with Crippen LogP contribution in [0.2, 0.25) is 0 Å². The summed E-state index contributed by atoms with van der Waals surface area (Å²) in [4.78, 5) is 14.3. The maximum Gasteiger partial charge on any atom is 0.222 e. The van der Waals surface area contributed by atoms with Crippen LogP contribution in [0.25, 0.3) is 0 Å². The predicted octanol–water partition coefficient (Wildman–Crippen LogP) is 1.40. The van der Waals surface area contributed by atoms with Crippen molar-refractivity contribution >= 4 is 5.91 Å². The van der Waals surface area contributed by atoms with E-state index in [9.17, 15) is 4.79 Å². The number of hydrogen-bond acceptors (Lipinski definition) is 4. The number of nitrogens with zero attached hydrogens (tertiary/aromatic N) is 3. The number of carbonyl (C=O) groups is 1. The Morgan fingerprint density at radius 1 is 1.41 bits per heavy atom. The van der Waals surface area contributed by atoms with Crippen LogP contribution in [0.3, 0.4) is 0 Å². The highest BCUT2D eigenvalue weighted by molar-refractivity contribution is 5.76. The van der Waals surface area contributed by atoms with Crippen molar-refractivity contribution in [2.24, 2.45) is 12.8 Å². The Bertz CT molecular complexity index is 488. The van der Waals surface area contributed by atoms with Gasteiger partial charge >= 0.3 is 0 Å². The molecule has 0 bridgehead atoms. The van der Waals surface area contributed by atoms with Gasteiger partial charge in [0.05, 0.1) is 19.3 Å². The van der Waals surface area contributed by atoms with Crippen LogP contribution in [0.5, 0.6) is 0 Å². The fourth-order valence-corrected chi connectivity index (χ4v) is 2.88. The van der Waals surface area contributed by atoms with Crippen molar-refractivity contribution in [3.05, 3.63) is 18.0 Å². The number of ether oxygens (including phenoxy) is 1. The molecule has 22 heavy (non-hydrogen) atoms. The van der Waals surface area contributed by atoms with Crippen LogP contribution in [0.1, 0.15) is 44.6 Å². The van der Waals surface area contributed by atoms with Crippen LogP contribution in [-0.4, -0.2) is 46.8 Å². The molecule has 1 aromatic rings. The molecule has 0 spiro atoms. The van der Waals surface area contributed by atoms with Gasteiger partial charge < -0.3 is 15.4 Å². The lowest BCUT2D eigenvalue weighted by molar-refractivity contribution is -0.149. The summed E-state index contributed by atoms with van der Waals surface area (Å²) in [7, 11) is 1.89. The summed E-state index contributed by atoms with van der Waals surface area (Å²) in [6.07, 6.45) is 8.58. The van der Waals surface area contributed by atoms with Crippen LogP contribution < -0.4 is 5.73 Å². The van der Waals surface area contributed by atoms with Gasteiger partial charge in [0.2, 0.25) is 5.91 Å². The molecule has 0 aliphatic carbocycles. The standard InChI is InChI=1S/C16H28N4O2/c1-16(14-11-18-19(2)12-14)13-20(9-10-22-16)15(21)7-5-3-4-6-8-17/h11-12H,3-10,13,17H2,1-2H3. The minimum atomic E-state index is -0.457. The second-order valence-corrected chi connectivity index (χ2v) is 6.25. The van der Waals surface area contributed by atoms with Gasteiger partial charge in [-0.05, 0) is 26.3 Å². The molecular weight excluding hydrogens is 280 g/mol. The predicted molar refractivity (Wildman–Crippen MR) is 85.2 cm³/mol. The van der Waals surface area contributed by atoms with Gasteiger partial charge in [-0.3, -0.25) is 9.48 Å². The average Bonchev–Trinajstić information content (AvgIpc) is 2.94. The lowest BCUT2D eigenvalue weighted by Crippen LogP contribution is -2.50. The summed E-state index contributed by atoms with van der Waals surface area (Å²) in [5.74, 6) is 0.228. The quantitative estimate of drug-likeness (QED) is 0.773. The summed E-state index contributed by atoms with van der Waals surface area (Å²) in [5, 5.41) is 4.21. The fraction of sp³-hybridized carbons (Fsp3) is 0.750. The highest BCUT2D eigenvalue weighted by atomic mass is 16.5. The molecule has 1 aliphatic heterocycles. The Morgan fingerprint density at radius 3 is 2.86 bits per heavy atom. The molecule has 1 fully saturated rings. The summed E-state index contributed by atoms with van der Waals surface area (Å²) in [6.45, 7) is 4.62. The van der Waals surface area contributed by atoms with Crippen LogP contribution >= 0.6 is 0 Å². The van der Waals surface area contributed by atoms with Gasteiger partial charge in [0.25, 0.3) is 0 Å². The van der Waals surface area contributed by atoms with E-state index in [-0.39, 0.29) is 5.91 Å². The maximum absolute atomic E-state index is 12.4. The number of unbranched alkanes of at least 4 members (excludes halogenated alkanes) is 3. The third-order valence-electron chi connectivity index (χ3n) is 4.29. The Morgan fingerprint density at radius 2 is 2.18 bits per heavy atom. The van der Waals surface area contributed by atoms with E-state index in [4.69, 9.17) is 10.5 Å². The SMILES string of the molecule is Cn1cc(C2(C)CN(C(=O)CCCCCCN)CCO2)cn1. The smallest absolute Gasteiger partial charge is 0.222 e. The van der Waals surface area contributed by atoms with Gasteiger partial charge in [-0.2, -0.15) is 5.10 Å².